The fourth-order valence-electron chi connectivity index (χ4n) is 3.82. The number of carbonyl (C=O) groups is 2. The molecule has 1 fully saturated rings. The molecule has 0 N–H and O–H groups in total. The second kappa shape index (κ2) is 9.13. The third-order valence-electron chi connectivity index (χ3n) is 5.41. The summed E-state index contributed by atoms with van der Waals surface area (Å²) < 4.78 is 16.0. The fraction of sp³-hybridized carbons (Fsp3) is 0.364. The largest absolute Gasteiger partial charge is 0.467 e. The number of nitro benzene ring substituents is 1. The minimum absolute atomic E-state index is 0.0270. The predicted octanol–water partition coefficient (Wildman–Crippen LogP) is 2.60. The number of hydrogen-bond donors (Lipinski definition) is 0. The molecule has 1 atom stereocenters. The molecule has 0 saturated carbocycles. The molecule has 0 unspecified atom stereocenters. The maximum Gasteiger partial charge on any atom is 0.311 e. The molecular formula is C22H22N2O7. The summed E-state index contributed by atoms with van der Waals surface area (Å²) in [7, 11) is 0. The molecule has 2 aromatic rings. The molecule has 0 aliphatic carbocycles. The van der Waals surface area contributed by atoms with Gasteiger partial charge in [-0.1, -0.05) is 30.3 Å². The molecule has 2 aliphatic rings. The zero-order valence-electron chi connectivity index (χ0n) is 16.8. The van der Waals surface area contributed by atoms with Crippen LogP contribution in [0.25, 0.3) is 0 Å². The smallest absolute Gasteiger partial charge is 0.311 e. The lowest BCUT2D eigenvalue weighted by atomic mass is 10.1. The van der Waals surface area contributed by atoms with E-state index in [1.165, 1.54) is 12.1 Å². The van der Waals surface area contributed by atoms with Gasteiger partial charge in [0, 0.05) is 42.8 Å². The molecule has 2 aromatic carbocycles. The van der Waals surface area contributed by atoms with Crippen LogP contribution < -0.4 is 4.74 Å². The predicted molar refractivity (Wildman–Crippen MR) is 108 cm³/mol. The summed E-state index contributed by atoms with van der Waals surface area (Å²) in [6.45, 7) is 0.892. The number of ether oxygens (including phenoxy) is 3. The number of nitro groups is 1. The van der Waals surface area contributed by atoms with Crippen LogP contribution in [0.5, 0.6) is 5.75 Å². The van der Waals surface area contributed by atoms with Crippen molar-refractivity contribution in [2.24, 2.45) is 5.92 Å². The second-order valence-electron chi connectivity index (χ2n) is 7.55. The SMILES string of the molecule is O=C(OCc1cc([N+](=O)[O-])cc2c1OCOC2)[C@@H]1CC(=O)N(CCc2ccccc2)C1. The average molecular weight is 426 g/mol. The van der Waals surface area contributed by atoms with Crippen LogP contribution in [0.4, 0.5) is 5.69 Å². The van der Waals surface area contributed by atoms with Gasteiger partial charge in [-0.3, -0.25) is 19.7 Å². The number of nitrogens with zero attached hydrogens (tertiary/aromatic N) is 2. The van der Waals surface area contributed by atoms with Gasteiger partial charge in [0.2, 0.25) is 5.91 Å². The number of non-ortho nitro benzene ring substituents is 1. The van der Waals surface area contributed by atoms with Crippen LogP contribution in [-0.4, -0.2) is 41.6 Å². The minimum Gasteiger partial charge on any atom is -0.467 e. The first-order valence-electron chi connectivity index (χ1n) is 10.0. The van der Waals surface area contributed by atoms with E-state index in [0.29, 0.717) is 36.4 Å². The molecule has 31 heavy (non-hydrogen) atoms. The second-order valence-corrected chi connectivity index (χ2v) is 7.55. The van der Waals surface area contributed by atoms with Gasteiger partial charge in [-0.15, -0.1) is 0 Å². The van der Waals surface area contributed by atoms with E-state index in [1.807, 2.05) is 30.3 Å². The molecule has 1 amide bonds. The van der Waals surface area contributed by atoms with Gasteiger partial charge < -0.3 is 19.1 Å². The summed E-state index contributed by atoms with van der Waals surface area (Å²) in [4.78, 5) is 37.2. The Morgan fingerprint density at radius 2 is 2.06 bits per heavy atom. The van der Waals surface area contributed by atoms with E-state index in [9.17, 15) is 19.7 Å². The van der Waals surface area contributed by atoms with Crippen LogP contribution in [0.1, 0.15) is 23.1 Å². The summed E-state index contributed by atoms with van der Waals surface area (Å²) in [5.74, 6) is -0.687. The number of carbonyl (C=O) groups excluding carboxylic acids is 2. The number of fused-ring (bicyclic) bond motifs is 1. The van der Waals surface area contributed by atoms with E-state index in [1.54, 1.807) is 4.90 Å². The molecule has 0 spiro atoms. The summed E-state index contributed by atoms with van der Waals surface area (Å²) in [5, 5.41) is 11.2. The highest BCUT2D eigenvalue weighted by Crippen LogP contribution is 2.33. The third kappa shape index (κ3) is 4.83. The molecule has 0 bridgehead atoms. The number of hydrogen-bond acceptors (Lipinski definition) is 7. The van der Waals surface area contributed by atoms with E-state index in [2.05, 4.69) is 0 Å². The molecule has 9 nitrogen and oxygen atoms in total. The summed E-state index contributed by atoms with van der Waals surface area (Å²) in [6, 6.07) is 12.6. The Labute approximate surface area is 178 Å². The van der Waals surface area contributed by atoms with Crippen molar-refractivity contribution < 1.29 is 28.7 Å². The number of benzene rings is 2. The summed E-state index contributed by atoms with van der Waals surface area (Å²) in [6.07, 6.45) is 0.818. The van der Waals surface area contributed by atoms with Gasteiger partial charge in [0.25, 0.3) is 5.69 Å². The van der Waals surface area contributed by atoms with Crippen molar-refractivity contribution in [2.75, 3.05) is 19.9 Å². The molecule has 9 heteroatoms. The first-order valence-corrected chi connectivity index (χ1v) is 10.0. The van der Waals surface area contributed by atoms with Gasteiger partial charge >= 0.3 is 5.97 Å². The van der Waals surface area contributed by atoms with E-state index >= 15 is 0 Å². The van der Waals surface area contributed by atoms with Gasteiger partial charge in [-0.2, -0.15) is 0 Å². The quantitative estimate of drug-likeness (QED) is 0.380. The lowest BCUT2D eigenvalue weighted by Crippen LogP contribution is -2.29. The lowest BCUT2D eigenvalue weighted by Gasteiger charge is -2.21. The van der Waals surface area contributed by atoms with Gasteiger partial charge in [0.1, 0.15) is 12.4 Å². The molecule has 0 radical (unpaired) electrons. The van der Waals surface area contributed by atoms with Gasteiger partial charge in [0.15, 0.2) is 6.79 Å². The first kappa shape index (κ1) is 20.8. The van der Waals surface area contributed by atoms with Crippen LogP contribution in [0, 0.1) is 16.0 Å². The zero-order valence-corrected chi connectivity index (χ0v) is 16.8. The molecular weight excluding hydrogens is 404 g/mol. The Balaban J connectivity index is 1.36. The molecule has 4 rings (SSSR count). The van der Waals surface area contributed by atoms with Crippen molar-refractivity contribution in [1.82, 2.24) is 4.90 Å². The fourth-order valence-corrected chi connectivity index (χ4v) is 3.82. The monoisotopic (exact) mass is 426 g/mol. The highest BCUT2D eigenvalue weighted by Gasteiger charge is 2.35. The molecule has 2 heterocycles. The highest BCUT2D eigenvalue weighted by atomic mass is 16.7. The Morgan fingerprint density at radius 1 is 1.26 bits per heavy atom. The van der Waals surface area contributed by atoms with Crippen LogP contribution >= 0.6 is 0 Å². The van der Waals surface area contributed by atoms with E-state index in [4.69, 9.17) is 14.2 Å². The van der Waals surface area contributed by atoms with Crippen molar-refractivity contribution in [1.29, 1.82) is 0 Å². The van der Waals surface area contributed by atoms with E-state index in [0.717, 1.165) is 5.56 Å². The molecule has 162 valence electrons. The average Bonchev–Trinajstić information content (AvgIpc) is 3.16. The normalized spacial score (nSPS) is 17.7. The first-order chi connectivity index (χ1) is 15.0. The lowest BCUT2D eigenvalue weighted by molar-refractivity contribution is -0.385. The molecule has 2 aliphatic heterocycles. The van der Waals surface area contributed by atoms with Crippen molar-refractivity contribution >= 4 is 17.6 Å². The maximum atomic E-state index is 12.6. The zero-order chi connectivity index (χ0) is 21.8. The molecule has 1 saturated heterocycles. The number of rotatable bonds is 7. The minimum atomic E-state index is -0.554. The summed E-state index contributed by atoms with van der Waals surface area (Å²) >= 11 is 0. The van der Waals surface area contributed by atoms with Crippen molar-refractivity contribution in [3.63, 3.8) is 0 Å². The third-order valence-corrected chi connectivity index (χ3v) is 5.41. The van der Waals surface area contributed by atoms with E-state index in [-0.39, 0.29) is 38.0 Å². The maximum absolute atomic E-state index is 12.6. The number of likely N-dealkylation sites (tertiary alicyclic amines) is 1. The molecule has 0 aromatic heterocycles. The van der Waals surface area contributed by atoms with Crippen molar-refractivity contribution in [3.05, 3.63) is 69.3 Å². The van der Waals surface area contributed by atoms with Gasteiger partial charge in [0.05, 0.1) is 17.4 Å². The standard InChI is InChI=1S/C22H22N2O7/c25-20-10-16(11-23(20)7-6-15-4-2-1-3-5-15)22(26)30-13-18-9-19(24(27)28)8-17-12-29-14-31-21(17)18/h1-5,8-9,16H,6-7,10-14H2/t16-/m1/s1. The van der Waals surface area contributed by atoms with Crippen LogP contribution in [0.2, 0.25) is 0 Å². The van der Waals surface area contributed by atoms with Crippen molar-refractivity contribution in [2.45, 2.75) is 26.1 Å². The van der Waals surface area contributed by atoms with Crippen LogP contribution in [-0.2, 0) is 38.7 Å². The number of esters is 1. The van der Waals surface area contributed by atoms with Crippen LogP contribution in [0.15, 0.2) is 42.5 Å². The Kier molecular flexibility index (Phi) is 6.13. The van der Waals surface area contributed by atoms with Crippen molar-refractivity contribution in [3.8, 4) is 5.75 Å². The van der Waals surface area contributed by atoms with E-state index < -0.39 is 16.8 Å². The van der Waals surface area contributed by atoms with Gasteiger partial charge in [-0.05, 0) is 12.0 Å². The summed E-state index contributed by atoms with van der Waals surface area (Å²) in [5.41, 5.74) is 1.95. The van der Waals surface area contributed by atoms with Gasteiger partial charge in [-0.25, -0.2) is 0 Å². The Hall–Kier alpha value is -3.46. The highest BCUT2D eigenvalue weighted by molar-refractivity contribution is 5.86. The Morgan fingerprint density at radius 3 is 2.84 bits per heavy atom. The topological polar surface area (TPSA) is 108 Å². The number of amides is 1. The Bertz CT molecular complexity index is 993. The van der Waals surface area contributed by atoms with Crippen LogP contribution in [0.3, 0.4) is 0 Å².